The Balaban J connectivity index is 1.24. The number of rotatable bonds is 7. The fourth-order valence-corrected chi connectivity index (χ4v) is 4.55. The van der Waals surface area contributed by atoms with Gasteiger partial charge in [0.25, 0.3) is 11.8 Å². The predicted molar refractivity (Wildman–Crippen MR) is 130 cm³/mol. The molecule has 3 aromatic carbocycles. The van der Waals surface area contributed by atoms with Gasteiger partial charge in [0.2, 0.25) is 0 Å². The van der Waals surface area contributed by atoms with Crippen molar-refractivity contribution in [3.05, 3.63) is 83.4 Å². The number of fused-ring (bicyclic) bond motifs is 1. The molecule has 0 atom stereocenters. The molecule has 6 nitrogen and oxygen atoms in total. The maximum absolute atomic E-state index is 12.6. The molecule has 1 aromatic heterocycles. The standard InChI is InChI=1S/C26H23N3O3S/c30-21-10-1-16(2-11-21)13-14-27-24(31)19-7-12-22-23(15-19)33-26(29-22)18-5-3-17(4-6-18)25(32)28-20-8-9-20/h1-7,10-12,15,20,30H,8-9,13-14H2,(H,27,31)(H,28,32). The minimum absolute atomic E-state index is 0.0329. The van der Waals surface area contributed by atoms with Gasteiger partial charge in [-0.25, -0.2) is 4.98 Å². The molecule has 1 saturated carbocycles. The number of thiazole rings is 1. The molecule has 2 amide bonds. The first kappa shape index (κ1) is 21.2. The van der Waals surface area contributed by atoms with Gasteiger partial charge in [-0.3, -0.25) is 9.59 Å². The first-order valence-electron chi connectivity index (χ1n) is 10.9. The molecule has 7 heteroatoms. The van der Waals surface area contributed by atoms with E-state index in [4.69, 9.17) is 4.98 Å². The van der Waals surface area contributed by atoms with Crippen LogP contribution >= 0.6 is 11.3 Å². The van der Waals surface area contributed by atoms with Gasteiger partial charge in [-0.2, -0.15) is 0 Å². The Bertz CT molecular complexity index is 1310. The number of phenols is 1. The van der Waals surface area contributed by atoms with Crippen molar-refractivity contribution in [1.82, 2.24) is 15.6 Å². The number of carbonyl (C=O) groups is 2. The van der Waals surface area contributed by atoms with E-state index in [0.717, 1.165) is 39.2 Å². The number of hydrogen-bond donors (Lipinski definition) is 3. The quantitative estimate of drug-likeness (QED) is 0.380. The predicted octanol–water partition coefficient (Wildman–Crippen LogP) is 4.53. The van der Waals surface area contributed by atoms with E-state index in [1.165, 1.54) is 11.3 Å². The number of carbonyl (C=O) groups excluding carboxylic acids is 2. The third-order valence-electron chi connectivity index (χ3n) is 5.59. The van der Waals surface area contributed by atoms with Crippen molar-refractivity contribution in [3.63, 3.8) is 0 Å². The van der Waals surface area contributed by atoms with Gasteiger partial charge in [-0.05, 0) is 67.3 Å². The van der Waals surface area contributed by atoms with Crippen molar-refractivity contribution in [2.75, 3.05) is 6.54 Å². The van der Waals surface area contributed by atoms with Gasteiger partial charge in [0.15, 0.2) is 0 Å². The third-order valence-corrected chi connectivity index (χ3v) is 6.66. The van der Waals surface area contributed by atoms with E-state index in [0.29, 0.717) is 30.1 Å². The monoisotopic (exact) mass is 457 g/mol. The number of nitrogens with one attached hydrogen (secondary N) is 2. The molecule has 0 aliphatic heterocycles. The molecule has 0 saturated heterocycles. The van der Waals surface area contributed by atoms with Gasteiger partial charge in [0, 0.05) is 29.3 Å². The van der Waals surface area contributed by atoms with Gasteiger partial charge in [0.05, 0.1) is 10.2 Å². The maximum atomic E-state index is 12.6. The van der Waals surface area contributed by atoms with E-state index in [1.54, 1.807) is 18.2 Å². The number of amides is 2. The van der Waals surface area contributed by atoms with Crippen LogP contribution in [0.5, 0.6) is 5.75 Å². The van der Waals surface area contributed by atoms with Gasteiger partial charge in [-0.15, -0.1) is 11.3 Å². The van der Waals surface area contributed by atoms with Gasteiger partial charge in [0.1, 0.15) is 10.8 Å². The first-order chi connectivity index (χ1) is 16.0. The largest absolute Gasteiger partial charge is 0.508 e. The average Bonchev–Trinajstić information content (AvgIpc) is 3.54. The first-order valence-corrected chi connectivity index (χ1v) is 11.7. The number of hydrogen-bond acceptors (Lipinski definition) is 5. The van der Waals surface area contributed by atoms with Crippen LogP contribution in [-0.2, 0) is 6.42 Å². The van der Waals surface area contributed by atoms with Crippen molar-refractivity contribution in [2.24, 2.45) is 0 Å². The van der Waals surface area contributed by atoms with Gasteiger partial charge >= 0.3 is 0 Å². The second kappa shape index (κ2) is 9.03. The summed E-state index contributed by atoms with van der Waals surface area (Å²) in [5, 5.41) is 16.1. The number of nitrogens with zero attached hydrogens (tertiary/aromatic N) is 1. The molecule has 5 rings (SSSR count). The Hall–Kier alpha value is -3.71. The number of benzene rings is 3. The van der Waals surface area contributed by atoms with Crippen LogP contribution in [0.25, 0.3) is 20.8 Å². The molecule has 4 aromatic rings. The number of aromatic hydroxyl groups is 1. The smallest absolute Gasteiger partial charge is 0.251 e. The summed E-state index contributed by atoms with van der Waals surface area (Å²) >= 11 is 1.52. The second-order valence-corrected chi connectivity index (χ2v) is 9.23. The van der Waals surface area contributed by atoms with Crippen LogP contribution in [0.1, 0.15) is 39.1 Å². The summed E-state index contributed by atoms with van der Waals surface area (Å²) in [6.45, 7) is 0.510. The summed E-state index contributed by atoms with van der Waals surface area (Å²) in [5.74, 6) is 0.0705. The molecule has 3 N–H and O–H groups in total. The molecule has 1 fully saturated rings. The lowest BCUT2D eigenvalue weighted by Crippen LogP contribution is -2.25. The van der Waals surface area contributed by atoms with E-state index in [1.807, 2.05) is 48.5 Å². The Morgan fingerprint density at radius 3 is 2.39 bits per heavy atom. The van der Waals surface area contributed by atoms with Crippen LogP contribution in [0.4, 0.5) is 0 Å². The number of aromatic nitrogens is 1. The molecule has 0 unspecified atom stereocenters. The Morgan fingerprint density at radius 1 is 0.939 bits per heavy atom. The Morgan fingerprint density at radius 2 is 1.67 bits per heavy atom. The van der Waals surface area contributed by atoms with E-state index in [9.17, 15) is 14.7 Å². The lowest BCUT2D eigenvalue weighted by Gasteiger charge is -2.05. The molecule has 166 valence electrons. The minimum atomic E-state index is -0.128. The van der Waals surface area contributed by atoms with Crippen LogP contribution in [0.15, 0.2) is 66.7 Å². The zero-order valence-corrected chi connectivity index (χ0v) is 18.7. The van der Waals surface area contributed by atoms with E-state index >= 15 is 0 Å². The summed E-state index contributed by atoms with van der Waals surface area (Å²) in [7, 11) is 0. The van der Waals surface area contributed by atoms with E-state index in [2.05, 4.69) is 10.6 Å². The van der Waals surface area contributed by atoms with Crippen molar-refractivity contribution >= 4 is 33.4 Å². The van der Waals surface area contributed by atoms with Crippen LogP contribution in [0.3, 0.4) is 0 Å². The van der Waals surface area contributed by atoms with Crippen molar-refractivity contribution in [3.8, 4) is 16.3 Å². The van der Waals surface area contributed by atoms with E-state index < -0.39 is 0 Å². The second-order valence-electron chi connectivity index (χ2n) is 8.20. The van der Waals surface area contributed by atoms with Gasteiger partial charge < -0.3 is 15.7 Å². The van der Waals surface area contributed by atoms with Crippen LogP contribution in [0.2, 0.25) is 0 Å². The zero-order chi connectivity index (χ0) is 22.8. The lowest BCUT2D eigenvalue weighted by atomic mass is 10.1. The molecule has 1 aliphatic carbocycles. The zero-order valence-electron chi connectivity index (χ0n) is 17.9. The SMILES string of the molecule is O=C(NCCc1ccc(O)cc1)c1ccc2nc(-c3ccc(C(=O)NC4CC4)cc3)sc2c1. The van der Waals surface area contributed by atoms with Gasteiger partial charge in [-0.1, -0.05) is 24.3 Å². The number of phenolic OH excluding ortho intramolecular Hbond substituents is 1. The summed E-state index contributed by atoms with van der Waals surface area (Å²) in [6, 6.07) is 20.3. The fraction of sp³-hybridized carbons (Fsp3) is 0.192. The highest BCUT2D eigenvalue weighted by atomic mass is 32.1. The highest BCUT2D eigenvalue weighted by molar-refractivity contribution is 7.21. The molecule has 0 spiro atoms. The fourth-order valence-electron chi connectivity index (χ4n) is 3.53. The van der Waals surface area contributed by atoms with E-state index in [-0.39, 0.29) is 17.6 Å². The molecule has 1 aliphatic rings. The highest BCUT2D eigenvalue weighted by Crippen LogP contribution is 2.31. The van der Waals surface area contributed by atoms with Crippen molar-refractivity contribution in [2.45, 2.75) is 25.3 Å². The third kappa shape index (κ3) is 5.04. The highest BCUT2D eigenvalue weighted by Gasteiger charge is 2.23. The van der Waals surface area contributed by atoms with Crippen molar-refractivity contribution < 1.29 is 14.7 Å². The summed E-state index contributed by atoms with van der Waals surface area (Å²) < 4.78 is 0.937. The topological polar surface area (TPSA) is 91.3 Å². The molecular weight excluding hydrogens is 434 g/mol. The minimum Gasteiger partial charge on any atom is -0.508 e. The molecule has 1 heterocycles. The summed E-state index contributed by atoms with van der Waals surface area (Å²) in [4.78, 5) is 29.5. The normalized spacial score (nSPS) is 13.1. The lowest BCUT2D eigenvalue weighted by molar-refractivity contribution is 0.0944. The van der Waals surface area contributed by atoms with Crippen LogP contribution < -0.4 is 10.6 Å². The molecule has 0 radical (unpaired) electrons. The summed E-state index contributed by atoms with van der Waals surface area (Å²) in [5.41, 5.74) is 4.07. The maximum Gasteiger partial charge on any atom is 0.251 e. The Labute approximate surface area is 195 Å². The average molecular weight is 458 g/mol. The Kier molecular flexibility index (Phi) is 5.79. The van der Waals surface area contributed by atoms with Crippen LogP contribution in [0, 0.1) is 0 Å². The molecular formula is C26H23N3O3S. The van der Waals surface area contributed by atoms with Crippen LogP contribution in [-0.4, -0.2) is 34.5 Å². The molecule has 33 heavy (non-hydrogen) atoms. The summed E-state index contributed by atoms with van der Waals surface area (Å²) in [6.07, 6.45) is 2.82. The van der Waals surface area contributed by atoms with Crippen molar-refractivity contribution in [1.29, 1.82) is 0 Å². The molecule has 0 bridgehead atoms.